The van der Waals surface area contributed by atoms with Crippen LogP contribution < -0.4 is 0 Å². The average molecular weight is 381 g/mol. The summed E-state index contributed by atoms with van der Waals surface area (Å²) in [6.45, 7) is 0.252. The van der Waals surface area contributed by atoms with Gasteiger partial charge >= 0.3 is 0 Å². The van der Waals surface area contributed by atoms with Gasteiger partial charge in [-0.25, -0.2) is 9.37 Å². The zero-order valence-corrected chi connectivity index (χ0v) is 15.2. The first-order chi connectivity index (χ1) is 11.5. The summed E-state index contributed by atoms with van der Waals surface area (Å²) < 4.78 is 15.5. The lowest BCUT2D eigenvalue weighted by molar-refractivity contribution is -0.127. The normalized spacial score (nSPS) is 11.0. The van der Waals surface area contributed by atoms with Gasteiger partial charge in [0.15, 0.2) is 4.34 Å². The molecule has 3 aromatic rings. The van der Waals surface area contributed by atoms with Crippen LogP contribution in [0.4, 0.5) is 4.39 Å². The van der Waals surface area contributed by atoms with Crippen LogP contribution in [0.5, 0.6) is 0 Å². The van der Waals surface area contributed by atoms with Gasteiger partial charge in [0.2, 0.25) is 5.91 Å². The minimum atomic E-state index is -0.298. The second kappa shape index (κ2) is 7.51. The van der Waals surface area contributed by atoms with E-state index in [1.165, 1.54) is 34.1 Å². The molecule has 0 aliphatic heterocycles. The molecule has 7 heteroatoms. The number of carbonyl (C=O) groups excluding carboxylic acids is 1. The quantitative estimate of drug-likeness (QED) is 0.594. The molecule has 1 amide bonds. The number of halogens is 2. The molecule has 1 aromatic heterocycles. The predicted octanol–water partition coefficient (Wildman–Crippen LogP) is 4.84. The third-order valence-corrected chi connectivity index (χ3v) is 5.84. The lowest BCUT2D eigenvalue weighted by Gasteiger charge is -2.17. The summed E-state index contributed by atoms with van der Waals surface area (Å²) >= 11 is 8.86. The maximum absolute atomic E-state index is 13.7. The topological polar surface area (TPSA) is 33.2 Å². The number of rotatable bonds is 5. The Balaban J connectivity index is 1.60. The summed E-state index contributed by atoms with van der Waals surface area (Å²) in [4.78, 5) is 18.2. The number of benzene rings is 2. The highest BCUT2D eigenvalue weighted by Gasteiger charge is 2.13. The monoisotopic (exact) mass is 380 g/mol. The molecule has 2 aromatic carbocycles. The third kappa shape index (κ3) is 4.06. The van der Waals surface area contributed by atoms with Crippen molar-refractivity contribution in [2.75, 3.05) is 12.8 Å². The summed E-state index contributed by atoms with van der Waals surface area (Å²) in [6, 6.07) is 12.0. The van der Waals surface area contributed by atoms with Crippen molar-refractivity contribution in [3.8, 4) is 0 Å². The highest BCUT2D eigenvalue weighted by atomic mass is 35.5. The fraction of sp³-hybridized carbons (Fsp3) is 0.176. The zero-order valence-electron chi connectivity index (χ0n) is 12.8. The van der Waals surface area contributed by atoms with Gasteiger partial charge in [0.1, 0.15) is 5.82 Å². The van der Waals surface area contributed by atoms with Crippen molar-refractivity contribution < 1.29 is 9.18 Å². The van der Waals surface area contributed by atoms with Crippen molar-refractivity contribution in [2.45, 2.75) is 10.9 Å². The van der Waals surface area contributed by atoms with Crippen LogP contribution in [0.2, 0.25) is 5.02 Å². The Bertz CT molecular complexity index is 884. The zero-order chi connectivity index (χ0) is 17.1. The fourth-order valence-corrected chi connectivity index (χ4v) is 4.30. The summed E-state index contributed by atoms with van der Waals surface area (Å²) in [7, 11) is 1.67. The predicted molar refractivity (Wildman–Crippen MR) is 98.2 cm³/mol. The van der Waals surface area contributed by atoms with E-state index in [4.69, 9.17) is 11.6 Å². The van der Waals surface area contributed by atoms with Crippen LogP contribution in [0.15, 0.2) is 46.8 Å². The van der Waals surface area contributed by atoms with Gasteiger partial charge in [-0.05, 0) is 24.3 Å². The molecular weight excluding hydrogens is 367 g/mol. The summed E-state index contributed by atoms with van der Waals surface area (Å²) in [5, 5.41) is 0.644. The number of thiazole rings is 1. The van der Waals surface area contributed by atoms with Crippen molar-refractivity contribution in [1.29, 1.82) is 0 Å². The molecular formula is C17H14ClFN2OS2. The first-order valence-electron chi connectivity index (χ1n) is 7.19. The molecule has 0 aliphatic rings. The molecule has 3 nitrogen and oxygen atoms in total. The van der Waals surface area contributed by atoms with E-state index in [9.17, 15) is 9.18 Å². The van der Waals surface area contributed by atoms with E-state index in [2.05, 4.69) is 4.98 Å². The first kappa shape index (κ1) is 17.2. The number of aromatic nitrogens is 1. The molecule has 0 N–H and O–H groups in total. The minimum Gasteiger partial charge on any atom is -0.341 e. The number of thioether (sulfide) groups is 1. The highest BCUT2D eigenvalue weighted by molar-refractivity contribution is 8.01. The maximum atomic E-state index is 13.7. The van der Waals surface area contributed by atoms with Crippen molar-refractivity contribution in [2.24, 2.45) is 0 Å². The van der Waals surface area contributed by atoms with Gasteiger partial charge in [-0.2, -0.15) is 0 Å². The molecule has 0 fully saturated rings. The largest absolute Gasteiger partial charge is 0.341 e. The van der Waals surface area contributed by atoms with Crippen LogP contribution in [0.1, 0.15) is 5.56 Å². The van der Waals surface area contributed by atoms with E-state index in [0.717, 1.165) is 14.6 Å². The SMILES string of the molecule is CN(Cc1ccccc1F)C(=O)CSc1nc2cc(Cl)ccc2s1. The molecule has 3 rings (SSSR count). The minimum absolute atomic E-state index is 0.0689. The van der Waals surface area contributed by atoms with E-state index < -0.39 is 0 Å². The van der Waals surface area contributed by atoms with Crippen molar-refractivity contribution in [3.05, 3.63) is 58.9 Å². The molecule has 0 atom stereocenters. The molecule has 0 bridgehead atoms. The number of carbonyl (C=O) groups is 1. The second-order valence-corrected chi connectivity index (χ2v) is 7.91. The van der Waals surface area contributed by atoms with E-state index in [1.54, 1.807) is 25.2 Å². The van der Waals surface area contributed by atoms with Gasteiger partial charge in [0.05, 0.1) is 16.0 Å². The standard InChI is InChI=1S/C17H14ClFN2OS2/c1-21(9-11-4-2-3-5-13(11)19)16(22)10-23-17-20-14-8-12(18)6-7-15(14)24-17/h2-8H,9-10H2,1H3. The summed E-state index contributed by atoms with van der Waals surface area (Å²) in [5.41, 5.74) is 1.34. The Morgan fingerprint density at radius 3 is 2.92 bits per heavy atom. The highest BCUT2D eigenvalue weighted by Crippen LogP contribution is 2.31. The van der Waals surface area contributed by atoms with Gasteiger partial charge in [-0.3, -0.25) is 4.79 Å². The van der Waals surface area contributed by atoms with Gasteiger partial charge in [-0.1, -0.05) is 41.6 Å². The molecule has 0 radical (unpaired) electrons. The Hall–Kier alpha value is -1.63. The Morgan fingerprint density at radius 2 is 2.12 bits per heavy atom. The van der Waals surface area contributed by atoms with Gasteiger partial charge in [0, 0.05) is 24.2 Å². The third-order valence-electron chi connectivity index (χ3n) is 3.44. The Morgan fingerprint density at radius 1 is 1.33 bits per heavy atom. The van der Waals surface area contributed by atoms with Crippen LogP contribution in [0.25, 0.3) is 10.2 Å². The molecule has 124 valence electrons. The number of hydrogen-bond donors (Lipinski definition) is 0. The molecule has 24 heavy (non-hydrogen) atoms. The van der Waals surface area contributed by atoms with Crippen molar-refractivity contribution in [1.82, 2.24) is 9.88 Å². The van der Waals surface area contributed by atoms with E-state index in [0.29, 0.717) is 10.6 Å². The van der Waals surface area contributed by atoms with Crippen molar-refractivity contribution >= 4 is 50.8 Å². The second-order valence-electron chi connectivity index (χ2n) is 5.22. The van der Waals surface area contributed by atoms with E-state index in [1.807, 2.05) is 18.2 Å². The fourth-order valence-electron chi connectivity index (χ4n) is 2.15. The molecule has 0 aliphatic carbocycles. The molecule has 0 spiro atoms. The average Bonchev–Trinajstić information content (AvgIpc) is 2.96. The molecule has 0 saturated carbocycles. The van der Waals surface area contributed by atoms with E-state index in [-0.39, 0.29) is 24.0 Å². The van der Waals surface area contributed by atoms with Crippen molar-refractivity contribution in [3.63, 3.8) is 0 Å². The smallest absolute Gasteiger partial charge is 0.233 e. The number of amides is 1. The molecule has 0 saturated heterocycles. The number of nitrogens with zero attached hydrogens (tertiary/aromatic N) is 2. The Kier molecular flexibility index (Phi) is 5.38. The van der Waals surface area contributed by atoms with Crippen LogP contribution in [-0.2, 0) is 11.3 Å². The van der Waals surface area contributed by atoms with Crippen LogP contribution in [0.3, 0.4) is 0 Å². The van der Waals surface area contributed by atoms with Crippen LogP contribution in [0, 0.1) is 5.82 Å². The van der Waals surface area contributed by atoms with Gasteiger partial charge in [-0.15, -0.1) is 11.3 Å². The number of hydrogen-bond acceptors (Lipinski definition) is 4. The number of fused-ring (bicyclic) bond motifs is 1. The van der Waals surface area contributed by atoms with Gasteiger partial charge in [0.25, 0.3) is 0 Å². The molecule has 0 unspecified atom stereocenters. The van der Waals surface area contributed by atoms with Gasteiger partial charge < -0.3 is 4.90 Å². The first-order valence-corrected chi connectivity index (χ1v) is 9.37. The van der Waals surface area contributed by atoms with Crippen LogP contribution in [-0.4, -0.2) is 28.6 Å². The maximum Gasteiger partial charge on any atom is 0.233 e. The summed E-state index contributed by atoms with van der Waals surface area (Å²) in [6.07, 6.45) is 0. The van der Waals surface area contributed by atoms with Crippen LogP contribution >= 0.6 is 34.7 Å². The summed E-state index contributed by atoms with van der Waals surface area (Å²) in [5.74, 6) is -0.105. The Labute approximate surface area is 152 Å². The van der Waals surface area contributed by atoms with E-state index >= 15 is 0 Å². The lowest BCUT2D eigenvalue weighted by Crippen LogP contribution is -2.28. The lowest BCUT2D eigenvalue weighted by atomic mass is 10.2. The molecule has 1 heterocycles.